The smallest absolute Gasteiger partial charge is 0.357 e. The molecule has 100 valence electrons. The molecule has 0 atom stereocenters. The van der Waals surface area contributed by atoms with Crippen LogP contribution in [-0.2, 0) is 6.54 Å². The molecule has 1 heterocycles. The molecule has 0 unspecified atom stereocenters. The average molecular weight is 278 g/mol. The SMILES string of the molecule is CCSCCn1nc(C(=O)O)c2ccccc2c1=O. The van der Waals surface area contributed by atoms with Crippen LogP contribution in [0.4, 0.5) is 0 Å². The van der Waals surface area contributed by atoms with Crippen LogP contribution in [0.2, 0.25) is 0 Å². The van der Waals surface area contributed by atoms with Crippen molar-refractivity contribution in [2.75, 3.05) is 11.5 Å². The van der Waals surface area contributed by atoms with Crippen molar-refractivity contribution in [1.29, 1.82) is 0 Å². The molecule has 5 nitrogen and oxygen atoms in total. The number of fused-ring (bicyclic) bond motifs is 1. The maximum atomic E-state index is 12.2. The Morgan fingerprint density at radius 2 is 2.05 bits per heavy atom. The van der Waals surface area contributed by atoms with E-state index in [1.54, 1.807) is 36.0 Å². The van der Waals surface area contributed by atoms with Gasteiger partial charge in [0.2, 0.25) is 0 Å². The average Bonchev–Trinajstić information content (AvgIpc) is 2.41. The van der Waals surface area contributed by atoms with Crippen LogP contribution in [-0.4, -0.2) is 32.4 Å². The number of benzene rings is 1. The Morgan fingerprint density at radius 1 is 1.37 bits per heavy atom. The third-order valence-corrected chi connectivity index (χ3v) is 3.60. The molecule has 0 saturated heterocycles. The first-order chi connectivity index (χ1) is 9.15. The van der Waals surface area contributed by atoms with Crippen molar-refractivity contribution in [2.24, 2.45) is 0 Å². The third kappa shape index (κ3) is 2.78. The lowest BCUT2D eigenvalue weighted by atomic mass is 10.1. The van der Waals surface area contributed by atoms with Crippen molar-refractivity contribution in [2.45, 2.75) is 13.5 Å². The zero-order valence-electron chi connectivity index (χ0n) is 10.5. The first-order valence-electron chi connectivity index (χ1n) is 5.96. The lowest BCUT2D eigenvalue weighted by Gasteiger charge is -2.08. The molecule has 0 radical (unpaired) electrons. The van der Waals surface area contributed by atoms with Crippen molar-refractivity contribution in [1.82, 2.24) is 9.78 Å². The number of thioether (sulfide) groups is 1. The maximum Gasteiger partial charge on any atom is 0.357 e. The summed E-state index contributed by atoms with van der Waals surface area (Å²) in [7, 11) is 0. The number of aromatic nitrogens is 2. The fourth-order valence-electron chi connectivity index (χ4n) is 1.84. The fourth-order valence-corrected chi connectivity index (χ4v) is 2.43. The van der Waals surface area contributed by atoms with Crippen LogP contribution in [0.5, 0.6) is 0 Å². The first-order valence-corrected chi connectivity index (χ1v) is 7.11. The second kappa shape index (κ2) is 5.88. The zero-order chi connectivity index (χ0) is 13.8. The highest BCUT2D eigenvalue weighted by Crippen LogP contribution is 2.13. The molecule has 1 N–H and O–H groups in total. The van der Waals surface area contributed by atoms with Crippen molar-refractivity contribution < 1.29 is 9.90 Å². The molecule has 0 aliphatic rings. The van der Waals surface area contributed by atoms with Gasteiger partial charge >= 0.3 is 5.97 Å². The standard InChI is InChI=1S/C13H14N2O3S/c1-2-19-8-7-15-12(16)10-6-4-3-5-9(10)11(14-15)13(17)18/h3-6H,2,7-8H2,1H3,(H,17,18). The maximum absolute atomic E-state index is 12.2. The molecule has 0 aliphatic heterocycles. The van der Waals surface area contributed by atoms with Gasteiger partial charge in [-0.2, -0.15) is 16.9 Å². The zero-order valence-corrected chi connectivity index (χ0v) is 11.3. The van der Waals surface area contributed by atoms with E-state index < -0.39 is 5.97 Å². The number of hydrogen-bond acceptors (Lipinski definition) is 4. The molecular weight excluding hydrogens is 264 g/mol. The lowest BCUT2D eigenvalue weighted by molar-refractivity contribution is 0.0690. The molecule has 2 rings (SSSR count). The second-order valence-corrected chi connectivity index (χ2v) is 5.32. The summed E-state index contributed by atoms with van der Waals surface area (Å²) in [6.45, 7) is 2.45. The molecule has 1 aromatic heterocycles. The Morgan fingerprint density at radius 3 is 2.68 bits per heavy atom. The topological polar surface area (TPSA) is 72.2 Å². The van der Waals surface area contributed by atoms with E-state index in [1.807, 2.05) is 6.92 Å². The van der Waals surface area contributed by atoms with E-state index in [9.17, 15) is 14.7 Å². The van der Waals surface area contributed by atoms with Gasteiger partial charge in [-0.3, -0.25) is 4.79 Å². The summed E-state index contributed by atoms with van der Waals surface area (Å²) < 4.78 is 1.24. The predicted molar refractivity (Wildman–Crippen MR) is 76.0 cm³/mol. The van der Waals surface area contributed by atoms with Gasteiger partial charge in [0, 0.05) is 11.1 Å². The molecule has 19 heavy (non-hydrogen) atoms. The lowest BCUT2D eigenvalue weighted by Crippen LogP contribution is -2.26. The van der Waals surface area contributed by atoms with Crippen LogP contribution >= 0.6 is 11.8 Å². The summed E-state index contributed by atoms with van der Waals surface area (Å²) in [4.78, 5) is 23.4. The van der Waals surface area contributed by atoms with Gasteiger partial charge in [-0.05, 0) is 11.8 Å². The summed E-state index contributed by atoms with van der Waals surface area (Å²) in [6.07, 6.45) is 0. The monoisotopic (exact) mass is 278 g/mol. The second-order valence-electron chi connectivity index (χ2n) is 3.92. The van der Waals surface area contributed by atoms with Gasteiger partial charge in [-0.25, -0.2) is 9.48 Å². The minimum Gasteiger partial charge on any atom is -0.476 e. The van der Waals surface area contributed by atoms with Crippen LogP contribution < -0.4 is 5.56 Å². The van der Waals surface area contributed by atoms with Gasteiger partial charge in [0.15, 0.2) is 5.69 Å². The van der Waals surface area contributed by atoms with Gasteiger partial charge < -0.3 is 5.11 Å². The van der Waals surface area contributed by atoms with E-state index in [1.165, 1.54) is 4.68 Å². The summed E-state index contributed by atoms with van der Waals surface area (Å²) in [5, 5.41) is 13.9. The van der Waals surface area contributed by atoms with Crippen LogP contribution in [0.15, 0.2) is 29.1 Å². The molecule has 0 aliphatic carbocycles. The molecule has 0 spiro atoms. The van der Waals surface area contributed by atoms with Crippen LogP contribution in [0.1, 0.15) is 17.4 Å². The van der Waals surface area contributed by atoms with Crippen LogP contribution in [0.3, 0.4) is 0 Å². The van der Waals surface area contributed by atoms with Gasteiger partial charge in [0.05, 0.1) is 11.9 Å². The summed E-state index contributed by atoms with van der Waals surface area (Å²) >= 11 is 1.68. The van der Waals surface area contributed by atoms with Gasteiger partial charge in [-0.15, -0.1) is 0 Å². The Kier molecular flexibility index (Phi) is 4.21. The third-order valence-electron chi connectivity index (χ3n) is 2.72. The normalized spacial score (nSPS) is 10.8. The van der Waals surface area contributed by atoms with Crippen molar-refractivity contribution in [3.05, 3.63) is 40.3 Å². The number of nitrogens with zero attached hydrogens (tertiary/aromatic N) is 2. The molecule has 0 amide bonds. The molecular formula is C13H14N2O3S. The van der Waals surface area contributed by atoms with E-state index >= 15 is 0 Å². The van der Waals surface area contributed by atoms with E-state index in [-0.39, 0.29) is 11.3 Å². The summed E-state index contributed by atoms with van der Waals surface area (Å²) in [6, 6.07) is 6.67. The highest BCUT2D eigenvalue weighted by molar-refractivity contribution is 7.99. The van der Waals surface area contributed by atoms with Crippen LogP contribution in [0.25, 0.3) is 10.8 Å². The number of carboxylic acids is 1. The van der Waals surface area contributed by atoms with Gasteiger partial charge in [-0.1, -0.05) is 25.1 Å². The van der Waals surface area contributed by atoms with Gasteiger partial charge in [0.25, 0.3) is 5.56 Å². The van der Waals surface area contributed by atoms with E-state index in [4.69, 9.17) is 0 Å². The Labute approximate surface area is 114 Å². The number of hydrogen-bond donors (Lipinski definition) is 1. The van der Waals surface area contributed by atoms with E-state index in [2.05, 4.69) is 5.10 Å². The van der Waals surface area contributed by atoms with Crippen molar-refractivity contribution in [3.8, 4) is 0 Å². The van der Waals surface area contributed by atoms with Crippen molar-refractivity contribution in [3.63, 3.8) is 0 Å². The van der Waals surface area contributed by atoms with E-state index in [0.29, 0.717) is 17.3 Å². The Balaban J connectivity index is 2.56. The molecule has 0 fully saturated rings. The number of carboxylic acid groups (broad SMARTS) is 1. The number of aromatic carboxylic acids is 1. The minimum atomic E-state index is -1.12. The number of carbonyl (C=O) groups is 1. The van der Waals surface area contributed by atoms with Crippen LogP contribution in [0, 0.1) is 0 Å². The molecule has 0 saturated carbocycles. The highest BCUT2D eigenvalue weighted by Gasteiger charge is 2.15. The molecule has 0 bridgehead atoms. The Hall–Kier alpha value is -1.82. The minimum absolute atomic E-state index is 0.0725. The molecule has 2 aromatic rings. The number of aryl methyl sites for hydroxylation is 1. The molecule has 6 heteroatoms. The molecule has 1 aromatic carbocycles. The predicted octanol–water partition coefficient (Wildman–Crippen LogP) is 1.85. The highest BCUT2D eigenvalue weighted by atomic mass is 32.2. The van der Waals surface area contributed by atoms with Gasteiger partial charge in [0.1, 0.15) is 0 Å². The quantitative estimate of drug-likeness (QED) is 0.845. The fraction of sp³-hybridized carbons (Fsp3) is 0.308. The first kappa shape index (κ1) is 13.6. The largest absolute Gasteiger partial charge is 0.476 e. The van der Waals surface area contributed by atoms with Crippen molar-refractivity contribution >= 4 is 28.5 Å². The summed E-state index contributed by atoms with van der Waals surface area (Å²) in [5.41, 5.74) is -0.311. The Bertz CT molecular complexity index is 666. The summed E-state index contributed by atoms with van der Waals surface area (Å²) in [5.74, 6) is 0.572. The number of rotatable bonds is 5. The van der Waals surface area contributed by atoms with E-state index in [0.717, 1.165) is 11.5 Å².